The Hall–Kier alpha value is -0.940. The van der Waals surface area contributed by atoms with Crippen molar-refractivity contribution in [2.24, 2.45) is 0 Å². The zero-order valence-corrected chi connectivity index (χ0v) is 11.8. The van der Waals surface area contributed by atoms with E-state index in [0.717, 1.165) is 24.1 Å². The smallest absolute Gasteiger partial charge is 0.272 e. The molecule has 0 bridgehead atoms. The van der Waals surface area contributed by atoms with Gasteiger partial charge in [-0.3, -0.25) is 9.69 Å². The van der Waals surface area contributed by atoms with E-state index in [-0.39, 0.29) is 5.91 Å². The third-order valence-corrected chi connectivity index (χ3v) is 4.29. The molecule has 2 aliphatic rings. The van der Waals surface area contributed by atoms with Crippen molar-refractivity contribution in [3.05, 3.63) is 28.5 Å². The maximum atomic E-state index is 12.3. The second kappa shape index (κ2) is 4.97. The molecular weight excluding hydrogens is 294 g/mol. The largest absolute Gasteiger partial charge is 0.334 e. The third kappa shape index (κ3) is 2.29. The summed E-state index contributed by atoms with van der Waals surface area (Å²) >= 11 is 3.33. The molecule has 5 heteroatoms. The topological polar surface area (TPSA) is 36.4 Å². The Morgan fingerprint density at radius 3 is 3.00 bits per heavy atom. The van der Waals surface area contributed by atoms with Crippen LogP contribution in [0.2, 0.25) is 0 Å². The van der Waals surface area contributed by atoms with Gasteiger partial charge in [-0.15, -0.1) is 0 Å². The number of hydrogen-bond acceptors (Lipinski definition) is 3. The molecule has 2 fully saturated rings. The summed E-state index contributed by atoms with van der Waals surface area (Å²) in [5.41, 5.74) is 0.546. The fourth-order valence-electron chi connectivity index (χ4n) is 2.84. The van der Waals surface area contributed by atoms with Crippen molar-refractivity contribution in [3.63, 3.8) is 0 Å². The van der Waals surface area contributed by atoms with Gasteiger partial charge in [0.15, 0.2) is 0 Å². The molecule has 1 aromatic heterocycles. The van der Waals surface area contributed by atoms with E-state index in [1.54, 1.807) is 12.3 Å². The minimum absolute atomic E-state index is 0.0639. The van der Waals surface area contributed by atoms with Crippen molar-refractivity contribution in [2.45, 2.75) is 18.9 Å². The number of fused-ring (bicyclic) bond motifs is 1. The summed E-state index contributed by atoms with van der Waals surface area (Å²) in [4.78, 5) is 21.0. The second-order valence-electron chi connectivity index (χ2n) is 4.94. The first kappa shape index (κ1) is 12.1. The molecule has 1 unspecified atom stereocenters. The van der Waals surface area contributed by atoms with Gasteiger partial charge >= 0.3 is 0 Å². The lowest BCUT2D eigenvalue weighted by Gasteiger charge is -2.37. The summed E-state index contributed by atoms with van der Waals surface area (Å²) in [6.07, 6.45) is 4.17. The van der Waals surface area contributed by atoms with Crippen LogP contribution in [0, 0.1) is 0 Å². The minimum atomic E-state index is 0.0639. The first-order chi connectivity index (χ1) is 8.74. The highest BCUT2D eigenvalue weighted by atomic mass is 79.9. The van der Waals surface area contributed by atoms with Crippen LogP contribution in [0.1, 0.15) is 23.3 Å². The number of aromatic nitrogens is 1. The molecule has 96 valence electrons. The summed E-state index contributed by atoms with van der Waals surface area (Å²) in [6.45, 7) is 3.89. The Morgan fingerprint density at radius 1 is 1.33 bits per heavy atom. The Labute approximate surface area is 115 Å². The summed E-state index contributed by atoms with van der Waals surface area (Å²) in [6, 6.07) is 4.22. The van der Waals surface area contributed by atoms with Crippen LogP contribution in [-0.4, -0.2) is 52.9 Å². The molecule has 3 rings (SSSR count). The first-order valence-corrected chi connectivity index (χ1v) is 7.18. The van der Waals surface area contributed by atoms with E-state index in [9.17, 15) is 4.79 Å². The van der Waals surface area contributed by atoms with Gasteiger partial charge in [0, 0.05) is 36.3 Å². The Balaban J connectivity index is 1.71. The monoisotopic (exact) mass is 309 g/mol. The maximum Gasteiger partial charge on any atom is 0.272 e. The molecule has 0 aromatic carbocycles. The van der Waals surface area contributed by atoms with Gasteiger partial charge in [-0.1, -0.05) is 0 Å². The van der Waals surface area contributed by atoms with E-state index >= 15 is 0 Å². The van der Waals surface area contributed by atoms with Gasteiger partial charge in [0.2, 0.25) is 0 Å². The number of carbonyl (C=O) groups is 1. The minimum Gasteiger partial charge on any atom is -0.334 e. The van der Waals surface area contributed by atoms with Crippen molar-refractivity contribution in [1.29, 1.82) is 0 Å². The lowest BCUT2D eigenvalue weighted by molar-refractivity contribution is 0.0566. The second-order valence-corrected chi connectivity index (χ2v) is 5.86. The number of amides is 1. The van der Waals surface area contributed by atoms with E-state index < -0.39 is 0 Å². The van der Waals surface area contributed by atoms with Gasteiger partial charge in [0.1, 0.15) is 5.69 Å². The normalized spacial score (nSPS) is 24.1. The molecule has 0 aliphatic carbocycles. The molecule has 0 N–H and O–H groups in total. The summed E-state index contributed by atoms with van der Waals surface area (Å²) in [5, 5.41) is 0. The molecular formula is C13H16BrN3O. The third-order valence-electron chi connectivity index (χ3n) is 3.82. The molecule has 1 amide bonds. The number of hydrogen-bond donors (Lipinski definition) is 0. The van der Waals surface area contributed by atoms with Crippen LogP contribution in [0.4, 0.5) is 0 Å². The van der Waals surface area contributed by atoms with Crippen molar-refractivity contribution < 1.29 is 4.79 Å². The average molecular weight is 310 g/mol. The number of piperazine rings is 1. The summed E-state index contributed by atoms with van der Waals surface area (Å²) in [5.74, 6) is 0.0639. The molecule has 0 radical (unpaired) electrons. The van der Waals surface area contributed by atoms with Crippen LogP contribution in [0.3, 0.4) is 0 Å². The lowest BCUT2D eigenvalue weighted by Crippen LogP contribution is -2.52. The van der Waals surface area contributed by atoms with E-state index in [0.29, 0.717) is 11.7 Å². The molecule has 0 spiro atoms. The first-order valence-electron chi connectivity index (χ1n) is 6.39. The van der Waals surface area contributed by atoms with Crippen LogP contribution in [0.5, 0.6) is 0 Å². The molecule has 4 nitrogen and oxygen atoms in total. The fraction of sp³-hybridized carbons (Fsp3) is 0.538. The number of nitrogens with zero attached hydrogens (tertiary/aromatic N) is 3. The molecule has 1 atom stereocenters. The predicted octanol–water partition coefficient (Wildman–Crippen LogP) is 1.76. The van der Waals surface area contributed by atoms with E-state index in [1.165, 1.54) is 19.4 Å². The van der Waals surface area contributed by atoms with Gasteiger partial charge in [-0.2, -0.15) is 0 Å². The quantitative estimate of drug-likeness (QED) is 0.793. The van der Waals surface area contributed by atoms with Crippen LogP contribution in [-0.2, 0) is 0 Å². The van der Waals surface area contributed by atoms with Gasteiger partial charge < -0.3 is 4.90 Å². The molecule has 3 heterocycles. The highest BCUT2D eigenvalue weighted by Gasteiger charge is 2.32. The van der Waals surface area contributed by atoms with E-state index in [2.05, 4.69) is 25.8 Å². The zero-order chi connectivity index (χ0) is 12.5. The average Bonchev–Trinajstić information content (AvgIpc) is 2.86. The molecule has 2 aliphatic heterocycles. The zero-order valence-electron chi connectivity index (χ0n) is 10.2. The van der Waals surface area contributed by atoms with Gasteiger partial charge in [-0.25, -0.2) is 4.98 Å². The maximum absolute atomic E-state index is 12.3. The van der Waals surface area contributed by atoms with Gasteiger partial charge in [0.05, 0.1) is 0 Å². The van der Waals surface area contributed by atoms with Crippen molar-refractivity contribution in [2.75, 3.05) is 26.2 Å². The van der Waals surface area contributed by atoms with Crippen LogP contribution >= 0.6 is 15.9 Å². The van der Waals surface area contributed by atoms with Gasteiger partial charge in [-0.05, 0) is 47.4 Å². The summed E-state index contributed by atoms with van der Waals surface area (Å²) in [7, 11) is 0. The predicted molar refractivity (Wildman–Crippen MR) is 72.4 cm³/mol. The SMILES string of the molecule is O=C(c1ccc(Br)cn1)N1CCN2CCCC2C1. The number of halogens is 1. The van der Waals surface area contributed by atoms with Crippen molar-refractivity contribution in [1.82, 2.24) is 14.8 Å². The van der Waals surface area contributed by atoms with Crippen LogP contribution < -0.4 is 0 Å². The van der Waals surface area contributed by atoms with Crippen molar-refractivity contribution in [3.8, 4) is 0 Å². The van der Waals surface area contributed by atoms with Crippen LogP contribution in [0.15, 0.2) is 22.8 Å². The molecule has 18 heavy (non-hydrogen) atoms. The van der Waals surface area contributed by atoms with Gasteiger partial charge in [0.25, 0.3) is 5.91 Å². The highest BCUT2D eigenvalue weighted by molar-refractivity contribution is 9.10. The highest BCUT2D eigenvalue weighted by Crippen LogP contribution is 2.22. The molecule has 0 saturated carbocycles. The Morgan fingerprint density at radius 2 is 2.22 bits per heavy atom. The standard InChI is InChI=1S/C13H16BrN3O/c14-10-3-4-12(15-8-10)13(18)17-7-6-16-5-1-2-11(16)9-17/h3-4,8,11H,1-2,5-7,9H2. The summed E-state index contributed by atoms with van der Waals surface area (Å²) < 4.78 is 0.902. The van der Waals surface area contributed by atoms with E-state index in [1.807, 2.05) is 11.0 Å². The molecule has 2 saturated heterocycles. The Bertz CT molecular complexity index is 448. The fourth-order valence-corrected chi connectivity index (χ4v) is 3.07. The lowest BCUT2D eigenvalue weighted by atomic mass is 10.1. The Kier molecular flexibility index (Phi) is 3.35. The van der Waals surface area contributed by atoms with E-state index in [4.69, 9.17) is 0 Å². The number of rotatable bonds is 1. The van der Waals surface area contributed by atoms with Crippen molar-refractivity contribution >= 4 is 21.8 Å². The van der Waals surface area contributed by atoms with Crippen LogP contribution in [0.25, 0.3) is 0 Å². The number of carbonyl (C=O) groups excluding carboxylic acids is 1. The molecule has 1 aromatic rings. The number of pyridine rings is 1.